The third-order valence-corrected chi connectivity index (χ3v) is 3.48. The zero-order valence-electron chi connectivity index (χ0n) is 10.9. The number of rotatable bonds is 5. The van der Waals surface area contributed by atoms with Gasteiger partial charge < -0.3 is 10.1 Å². The predicted octanol–water partition coefficient (Wildman–Crippen LogP) is 2.33. The Hall–Kier alpha value is -1.35. The van der Waals surface area contributed by atoms with Crippen LogP contribution in [-0.2, 0) is 9.53 Å². The monoisotopic (exact) mass is 247 g/mol. The number of hydrogen-bond donors (Lipinski definition) is 1. The lowest BCUT2D eigenvalue weighted by Gasteiger charge is -2.13. The average molecular weight is 247 g/mol. The van der Waals surface area contributed by atoms with Gasteiger partial charge in [-0.25, -0.2) is 0 Å². The molecule has 0 radical (unpaired) electrons. The normalized spacial score (nSPS) is 20.6. The molecule has 0 amide bonds. The van der Waals surface area contributed by atoms with Crippen molar-refractivity contribution in [1.29, 1.82) is 0 Å². The van der Waals surface area contributed by atoms with E-state index >= 15 is 0 Å². The number of hydrogen-bond acceptors (Lipinski definition) is 3. The first-order valence-electron chi connectivity index (χ1n) is 6.67. The quantitative estimate of drug-likeness (QED) is 0.812. The van der Waals surface area contributed by atoms with Crippen LogP contribution >= 0.6 is 0 Å². The Labute approximate surface area is 109 Å². The first-order valence-corrected chi connectivity index (χ1v) is 6.67. The molecule has 3 nitrogen and oxygen atoms in total. The molecule has 3 heteroatoms. The summed E-state index contributed by atoms with van der Waals surface area (Å²) in [6, 6.07) is 10.2. The summed E-state index contributed by atoms with van der Waals surface area (Å²) >= 11 is 0. The highest BCUT2D eigenvalue weighted by Gasteiger charge is 2.19. The van der Waals surface area contributed by atoms with Crippen molar-refractivity contribution < 1.29 is 9.53 Å². The molecule has 1 aliphatic rings. The highest BCUT2D eigenvalue weighted by atomic mass is 16.5. The Morgan fingerprint density at radius 3 is 2.89 bits per heavy atom. The summed E-state index contributed by atoms with van der Waals surface area (Å²) in [5, 5.41) is 3.26. The Morgan fingerprint density at radius 2 is 2.22 bits per heavy atom. The zero-order chi connectivity index (χ0) is 12.8. The summed E-state index contributed by atoms with van der Waals surface area (Å²) in [5.41, 5.74) is 1.22. The standard InChI is InChI=1S/C15H21NO2/c1-12(14-5-3-2-4-6-14)11-18-15(17)9-13-7-8-16-10-13/h2-6,12-13,16H,7-11H2,1H3/t12-,13-/m1/s1. The van der Waals surface area contributed by atoms with Gasteiger partial charge in [0.1, 0.15) is 0 Å². The van der Waals surface area contributed by atoms with Crippen molar-refractivity contribution in [3.8, 4) is 0 Å². The van der Waals surface area contributed by atoms with Crippen molar-refractivity contribution in [2.75, 3.05) is 19.7 Å². The van der Waals surface area contributed by atoms with E-state index in [1.807, 2.05) is 18.2 Å². The number of ether oxygens (including phenoxy) is 1. The summed E-state index contributed by atoms with van der Waals surface area (Å²) in [5.74, 6) is 0.660. The molecule has 18 heavy (non-hydrogen) atoms. The lowest BCUT2D eigenvalue weighted by molar-refractivity contribution is -0.145. The molecule has 98 valence electrons. The lowest BCUT2D eigenvalue weighted by atomic mass is 10.0. The van der Waals surface area contributed by atoms with Crippen molar-refractivity contribution in [3.63, 3.8) is 0 Å². The van der Waals surface area contributed by atoms with E-state index in [1.165, 1.54) is 5.56 Å². The van der Waals surface area contributed by atoms with Crippen LogP contribution < -0.4 is 5.32 Å². The topological polar surface area (TPSA) is 38.3 Å². The molecular weight excluding hydrogens is 226 g/mol. The zero-order valence-corrected chi connectivity index (χ0v) is 10.9. The predicted molar refractivity (Wildman–Crippen MR) is 71.4 cm³/mol. The van der Waals surface area contributed by atoms with Crippen LogP contribution in [0.1, 0.15) is 31.2 Å². The second kappa shape index (κ2) is 6.55. The molecule has 2 atom stereocenters. The fourth-order valence-electron chi connectivity index (χ4n) is 2.28. The van der Waals surface area contributed by atoms with Gasteiger partial charge in [-0.3, -0.25) is 4.79 Å². The van der Waals surface area contributed by atoms with E-state index in [0.29, 0.717) is 18.9 Å². The molecule has 1 fully saturated rings. The molecule has 1 saturated heterocycles. The molecule has 0 spiro atoms. The van der Waals surface area contributed by atoms with Crippen LogP contribution in [0.15, 0.2) is 30.3 Å². The molecule has 2 rings (SSSR count). The highest BCUT2D eigenvalue weighted by molar-refractivity contribution is 5.69. The van der Waals surface area contributed by atoms with Gasteiger partial charge in [0, 0.05) is 12.3 Å². The Morgan fingerprint density at radius 1 is 1.44 bits per heavy atom. The second-order valence-electron chi connectivity index (χ2n) is 5.06. The molecule has 1 N–H and O–H groups in total. The smallest absolute Gasteiger partial charge is 0.306 e. The minimum absolute atomic E-state index is 0.0634. The van der Waals surface area contributed by atoms with E-state index in [4.69, 9.17) is 4.74 Å². The molecular formula is C15H21NO2. The number of benzene rings is 1. The van der Waals surface area contributed by atoms with Crippen molar-refractivity contribution in [2.45, 2.75) is 25.7 Å². The van der Waals surface area contributed by atoms with Gasteiger partial charge in [-0.05, 0) is 31.0 Å². The van der Waals surface area contributed by atoms with Gasteiger partial charge in [0.15, 0.2) is 0 Å². The summed E-state index contributed by atoms with van der Waals surface area (Å²) in [4.78, 5) is 11.7. The van der Waals surface area contributed by atoms with E-state index in [0.717, 1.165) is 19.5 Å². The van der Waals surface area contributed by atoms with Crippen LogP contribution in [-0.4, -0.2) is 25.7 Å². The Balaban J connectivity index is 1.72. The Kier molecular flexibility index (Phi) is 4.76. The minimum Gasteiger partial charge on any atom is -0.465 e. The molecule has 0 saturated carbocycles. The van der Waals surface area contributed by atoms with Gasteiger partial charge in [-0.1, -0.05) is 37.3 Å². The van der Waals surface area contributed by atoms with E-state index in [1.54, 1.807) is 0 Å². The molecule has 1 heterocycles. The van der Waals surface area contributed by atoms with Crippen LogP contribution in [0.5, 0.6) is 0 Å². The van der Waals surface area contributed by atoms with Gasteiger partial charge in [-0.2, -0.15) is 0 Å². The minimum atomic E-state index is -0.0634. The van der Waals surface area contributed by atoms with Crippen molar-refractivity contribution in [1.82, 2.24) is 5.32 Å². The summed E-state index contributed by atoms with van der Waals surface area (Å²) < 4.78 is 5.35. The summed E-state index contributed by atoms with van der Waals surface area (Å²) in [7, 11) is 0. The lowest BCUT2D eigenvalue weighted by Crippen LogP contribution is -2.16. The average Bonchev–Trinajstić information content (AvgIpc) is 2.90. The van der Waals surface area contributed by atoms with Crippen molar-refractivity contribution >= 4 is 5.97 Å². The largest absolute Gasteiger partial charge is 0.465 e. The molecule has 1 aliphatic heterocycles. The fraction of sp³-hybridized carbons (Fsp3) is 0.533. The molecule has 1 aromatic carbocycles. The van der Waals surface area contributed by atoms with Crippen molar-refractivity contribution in [2.24, 2.45) is 5.92 Å². The van der Waals surface area contributed by atoms with Crippen LogP contribution in [0, 0.1) is 5.92 Å². The van der Waals surface area contributed by atoms with Gasteiger partial charge in [0.25, 0.3) is 0 Å². The molecule has 0 aliphatic carbocycles. The molecule has 1 aromatic rings. The fourth-order valence-corrected chi connectivity index (χ4v) is 2.28. The SMILES string of the molecule is C[C@H](COC(=O)C[C@H]1CCNC1)c1ccccc1. The summed E-state index contributed by atoms with van der Waals surface area (Å²) in [6.07, 6.45) is 1.64. The van der Waals surface area contributed by atoms with Gasteiger partial charge in [-0.15, -0.1) is 0 Å². The van der Waals surface area contributed by atoms with E-state index in [2.05, 4.69) is 24.4 Å². The maximum absolute atomic E-state index is 11.7. The first-order chi connectivity index (χ1) is 8.75. The number of carbonyl (C=O) groups is 1. The Bertz CT molecular complexity index is 371. The van der Waals surface area contributed by atoms with E-state index < -0.39 is 0 Å². The number of nitrogens with one attached hydrogen (secondary N) is 1. The molecule has 0 unspecified atom stereocenters. The molecule has 0 aromatic heterocycles. The van der Waals surface area contributed by atoms with Gasteiger partial charge in [0.2, 0.25) is 0 Å². The second-order valence-corrected chi connectivity index (χ2v) is 5.06. The number of carbonyl (C=O) groups excluding carboxylic acids is 1. The van der Waals surface area contributed by atoms with Crippen molar-refractivity contribution in [3.05, 3.63) is 35.9 Å². The van der Waals surface area contributed by atoms with Crippen LogP contribution in [0.25, 0.3) is 0 Å². The van der Waals surface area contributed by atoms with E-state index in [-0.39, 0.29) is 11.9 Å². The molecule has 0 bridgehead atoms. The highest BCUT2D eigenvalue weighted by Crippen LogP contribution is 2.17. The van der Waals surface area contributed by atoms with Crippen LogP contribution in [0.4, 0.5) is 0 Å². The number of esters is 1. The first kappa shape index (κ1) is 13.1. The van der Waals surface area contributed by atoms with Crippen LogP contribution in [0.3, 0.4) is 0 Å². The maximum Gasteiger partial charge on any atom is 0.306 e. The maximum atomic E-state index is 11.7. The van der Waals surface area contributed by atoms with Gasteiger partial charge >= 0.3 is 5.97 Å². The third kappa shape index (κ3) is 3.84. The van der Waals surface area contributed by atoms with Gasteiger partial charge in [0.05, 0.1) is 6.61 Å². The third-order valence-electron chi connectivity index (χ3n) is 3.48. The summed E-state index contributed by atoms with van der Waals surface area (Å²) in [6.45, 7) is 4.53. The van der Waals surface area contributed by atoms with E-state index in [9.17, 15) is 4.79 Å². The van der Waals surface area contributed by atoms with Crippen LogP contribution in [0.2, 0.25) is 0 Å².